The summed E-state index contributed by atoms with van der Waals surface area (Å²) in [5, 5.41) is 17.8. The molecule has 0 aliphatic rings. The Morgan fingerprint density at radius 2 is 1.82 bits per heavy atom. The van der Waals surface area contributed by atoms with Gasteiger partial charge < -0.3 is 15.6 Å². The maximum Gasteiger partial charge on any atom is 0.152 e. The van der Waals surface area contributed by atoms with Gasteiger partial charge in [0, 0.05) is 11.1 Å². The molecule has 3 aromatic carbocycles. The second-order valence-electron chi connectivity index (χ2n) is 7.53. The highest BCUT2D eigenvalue weighted by atomic mass is 16.5. The van der Waals surface area contributed by atoms with Crippen molar-refractivity contribution in [2.45, 2.75) is 39.4 Å². The maximum atomic E-state index is 11.4. The zero-order valence-electron chi connectivity index (χ0n) is 18.8. The zero-order valence-corrected chi connectivity index (χ0v) is 18.8. The van der Waals surface area contributed by atoms with Crippen LogP contribution in [0.15, 0.2) is 70.9 Å². The van der Waals surface area contributed by atoms with E-state index in [0.29, 0.717) is 35.6 Å². The Balaban J connectivity index is 1.73. The SMILES string of the molecule is CCc1ccc(OCc2ccc(C(O)c3cccc(/C(N)=N/NN)c3)cc2)c(CC)c1N=O. The summed E-state index contributed by atoms with van der Waals surface area (Å²) in [5.41, 5.74) is 13.3. The van der Waals surface area contributed by atoms with Crippen LogP contribution in [0.4, 0.5) is 5.69 Å². The number of nitrogens with one attached hydrogen (secondary N) is 1. The number of benzene rings is 3. The normalized spacial score (nSPS) is 12.3. The van der Waals surface area contributed by atoms with Gasteiger partial charge in [0.2, 0.25) is 0 Å². The quantitative estimate of drug-likeness (QED) is 0.122. The molecule has 8 heteroatoms. The molecule has 172 valence electrons. The van der Waals surface area contributed by atoms with Crippen molar-refractivity contribution in [3.63, 3.8) is 0 Å². The molecule has 0 saturated carbocycles. The highest BCUT2D eigenvalue weighted by Gasteiger charge is 2.14. The molecule has 0 radical (unpaired) electrons. The lowest BCUT2D eigenvalue weighted by Crippen LogP contribution is -2.23. The maximum absolute atomic E-state index is 11.4. The first-order valence-corrected chi connectivity index (χ1v) is 10.8. The molecule has 1 atom stereocenters. The molecule has 0 aliphatic carbocycles. The molecule has 8 nitrogen and oxygen atoms in total. The van der Waals surface area contributed by atoms with E-state index in [1.165, 1.54) is 0 Å². The summed E-state index contributed by atoms with van der Waals surface area (Å²) in [5.74, 6) is 6.07. The van der Waals surface area contributed by atoms with Gasteiger partial charge in [0.1, 0.15) is 24.1 Å². The number of hydrogen-bond acceptors (Lipinski definition) is 7. The van der Waals surface area contributed by atoms with Crippen LogP contribution in [-0.4, -0.2) is 10.9 Å². The monoisotopic (exact) mass is 447 g/mol. The van der Waals surface area contributed by atoms with E-state index in [4.69, 9.17) is 16.3 Å². The van der Waals surface area contributed by atoms with Crippen LogP contribution in [0.5, 0.6) is 5.75 Å². The van der Waals surface area contributed by atoms with Crippen LogP contribution in [0.25, 0.3) is 0 Å². The molecule has 0 saturated heterocycles. The summed E-state index contributed by atoms with van der Waals surface area (Å²) in [4.78, 5) is 11.4. The average molecular weight is 448 g/mol. The molecule has 0 aliphatic heterocycles. The first kappa shape index (κ1) is 23.9. The fraction of sp³-hybridized carbons (Fsp3) is 0.240. The molecule has 33 heavy (non-hydrogen) atoms. The number of amidine groups is 1. The van der Waals surface area contributed by atoms with Crippen LogP contribution in [0.1, 0.15) is 53.3 Å². The van der Waals surface area contributed by atoms with Gasteiger partial charge in [-0.05, 0) is 52.4 Å². The van der Waals surface area contributed by atoms with Gasteiger partial charge in [-0.1, -0.05) is 62.4 Å². The fourth-order valence-corrected chi connectivity index (χ4v) is 3.69. The van der Waals surface area contributed by atoms with Crippen LogP contribution in [0.2, 0.25) is 0 Å². The van der Waals surface area contributed by atoms with Crippen molar-refractivity contribution in [2.75, 3.05) is 0 Å². The molecular weight excluding hydrogens is 418 g/mol. The highest BCUT2D eigenvalue weighted by molar-refractivity contribution is 5.97. The van der Waals surface area contributed by atoms with Gasteiger partial charge in [0.15, 0.2) is 5.84 Å². The Bertz CT molecular complexity index is 1130. The number of aliphatic hydroxyl groups is 1. The van der Waals surface area contributed by atoms with Crippen molar-refractivity contribution in [1.82, 2.24) is 5.53 Å². The minimum absolute atomic E-state index is 0.227. The number of ether oxygens (including phenoxy) is 1. The molecule has 6 N–H and O–H groups in total. The Morgan fingerprint density at radius 1 is 1.06 bits per heavy atom. The predicted molar refractivity (Wildman–Crippen MR) is 130 cm³/mol. The Morgan fingerprint density at radius 3 is 2.45 bits per heavy atom. The van der Waals surface area contributed by atoms with Gasteiger partial charge in [-0.15, -0.1) is 10.0 Å². The van der Waals surface area contributed by atoms with E-state index >= 15 is 0 Å². The van der Waals surface area contributed by atoms with E-state index in [0.717, 1.165) is 28.7 Å². The van der Waals surface area contributed by atoms with Gasteiger partial charge >= 0.3 is 0 Å². The van der Waals surface area contributed by atoms with Gasteiger partial charge in [-0.3, -0.25) is 0 Å². The summed E-state index contributed by atoms with van der Waals surface area (Å²) in [6.07, 6.45) is 0.572. The zero-order chi connectivity index (χ0) is 23.8. The van der Waals surface area contributed by atoms with E-state index in [-0.39, 0.29) is 5.84 Å². The summed E-state index contributed by atoms with van der Waals surface area (Å²) in [6.45, 7) is 4.31. The fourth-order valence-electron chi connectivity index (χ4n) is 3.69. The largest absolute Gasteiger partial charge is 0.489 e. The third-order valence-electron chi connectivity index (χ3n) is 5.52. The van der Waals surface area contributed by atoms with Crippen LogP contribution >= 0.6 is 0 Å². The first-order chi connectivity index (χ1) is 16.0. The van der Waals surface area contributed by atoms with E-state index in [1.807, 2.05) is 56.3 Å². The van der Waals surface area contributed by atoms with Crippen molar-refractivity contribution in [2.24, 2.45) is 21.9 Å². The minimum Gasteiger partial charge on any atom is -0.489 e. The third kappa shape index (κ3) is 5.54. The number of nitroso groups, excluding NO2 is 1. The predicted octanol–water partition coefficient (Wildman–Crippen LogP) is 3.95. The number of hydrazone groups is 1. The Hall–Kier alpha value is -3.75. The van der Waals surface area contributed by atoms with E-state index in [9.17, 15) is 10.0 Å². The molecule has 0 bridgehead atoms. The van der Waals surface area contributed by atoms with Gasteiger partial charge in [0.25, 0.3) is 0 Å². The van der Waals surface area contributed by atoms with Crippen LogP contribution in [0, 0.1) is 4.91 Å². The smallest absolute Gasteiger partial charge is 0.152 e. The van der Waals surface area contributed by atoms with Crippen molar-refractivity contribution < 1.29 is 9.84 Å². The molecule has 3 rings (SSSR count). The lowest BCUT2D eigenvalue weighted by Gasteiger charge is -2.15. The summed E-state index contributed by atoms with van der Waals surface area (Å²) in [6, 6.07) is 18.5. The Labute approximate surface area is 193 Å². The third-order valence-corrected chi connectivity index (χ3v) is 5.52. The van der Waals surface area contributed by atoms with Crippen LogP contribution in [0.3, 0.4) is 0 Å². The van der Waals surface area contributed by atoms with Crippen molar-refractivity contribution in [3.8, 4) is 5.75 Å². The number of aliphatic hydroxyl groups excluding tert-OH is 1. The van der Waals surface area contributed by atoms with Gasteiger partial charge in [0.05, 0.1) is 0 Å². The number of nitrogens with zero attached hydrogens (tertiary/aromatic N) is 2. The molecular formula is C25H29N5O3. The Kier molecular flexibility index (Phi) is 8.12. The lowest BCUT2D eigenvalue weighted by molar-refractivity contribution is 0.220. The van der Waals surface area contributed by atoms with Crippen molar-refractivity contribution in [1.29, 1.82) is 0 Å². The van der Waals surface area contributed by atoms with Crippen molar-refractivity contribution in [3.05, 3.63) is 99.0 Å². The van der Waals surface area contributed by atoms with E-state index in [2.05, 4.69) is 15.8 Å². The number of hydrazine groups is 1. The summed E-state index contributed by atoms with van der Waals surface area (Å²) in [7, 11) is 0. The summed E-state index contributed by atoms with van der Waals surface area (Å²) < 4.78 is 6.00. The van der Waals surface area contributed by atoms with Crippen molar-refractivity contribution >= 4 is 11.5 Å². The molecule has 3 aromatic rings. The minimum atomic E-state index is -0.826. The summed E-state index contributed by atoms with van der Waals surface area (Å²) >= 11 is 0. The van der Waals surface area contributed by atoms with Gasteiger partial charge in [-0.2, -0.15) is 0 Å². The molecule has 0 amide bonds. The number of aryl methyl sites for hydroxylation is 1. The number of nitrogens with two attached hydrogens (primary N) is 2. The molecule has 0 aromatic heterocycles. The first-order valence-electron chi connectivity index (χ1n) is 10.8. The second kappa shape index (κ2) is 11.2. The van der Waals surface area contributed by atoms with Crippen LogP contribution in [-0.2, 0) is 19.4 Å². The topological polar surface area (TPSA) is 135 Å². The standard InChI is InChI=1S/C25H29N5O3/c1-3-17-12-13-22(21(4-2)23(17)29-32)33-15-16-8-10-18(11-9-16)24(31)19-6-5-7-20(14-19)25(26)28-30-27/h5-14,24,30-31H,3-4,15,27H2,1-2H3,(H2,26,28). The lowest BCUT2D eigenvalue weighted by atomic mass is 9.98. The van der Waals surface area contributed by atoms with E-state index in [1.54, 1.807) is 18.2 Å². The molecule has 0 heterocycles. The van der Waals surface area contributed by atoms with Crippen LogP contribution < -0.4 is 21.8 Å². The second-order valence-corrected chi connectivity index (χ2v) is 7.53. The number of hydrogen-bond donors (Lipinski definition) is 4. The molecule has 0 spiro atoms. The molecule has 1 unspecified atom stereocenters. The number of rotatable bonds is 10. The average Bonchev–Trinajstić information content (AvgIpc) is 2.86. The highest BCUT2D eigenvalue weighted by Crippen LogP contribution is 2.34. The molecule has 0 fully saturated rings. The van der Waals surface area contributed by atoms with E-state index < -0.39 is 6.10 Å². The van der Waals surface area contributed by atoms with Gasteiger partial charge in [-0.25, -0.2) is 11.4 Å².